The summed E-state index contributed by atoms with van der Waals surface area (Å²) in [6, 6.07) is 9.66. The minimum absolute atomic E-state index is 0.320. The zero-order valence-corrected chi connectivity index (χ0v) is 13.4. The third-order valence-electron chi connectivity index (χ3n) is 5.29. The van der Waals surface area contributed by atoms with E-state index < -0.39 is 0 Å². The Hall–Kier alpha value is -1.81. The van der Waals surface area contributed by atoms with Crippen molar-refractivity contribution < 1.29 is 9.15 Å². The van der Waals surface area contributed by atoms with Crippen LogP contribution in [-0.4, -0.2) is 30.6 Å². The van der Waals surface area contributed by atoms with Crippen LogP contribution < -0.4 is 10.4 Å². The largest absolute Gasteiger partial charge is 0.493 e. The van der Waals surface area contributed by atoms with Gasteiger partial charge in [-0.1, -0.05) is 6.42 Å². The highest BCUT2D eigenvalue weighted by molar-refractivity contribution is 5.77. The molecule has 4 heteroatoms. The molecule has 4 rings (SSSR count). The fraction of sp³-hybridized carbons (Fsp3) is 0.526. The van der Waals surface area contributed by atoms with E-state index in [1.807, 2.05) is 18.2 Å². The predicted molar refractivity (Wildman–Crippen MR) is 89.9 cm³/mol. The van der Waals surface area contributed by atoms with E-state index in [-0.39, 0.29) is 5.63 Å². The number of benzene rings is 1. The SMILES string of the molecule is O=c1ccc2ccc(OC[C@@H]3CCCN4CCCC[C@H]34)cc2o1. The third kappa shape index (κ3) is 3.13. The van der Waals surface area contributed by atoms with Crippen molar-refractivity contribution >= 4 is 11.0 Å². The van der Waals surface area contributed by atoms with Crippen LogP contribution in [0.15, 0.2) is 39.5 Å². The summed E-state index contributed by atoms with van der Waals surface area (Å²) in [5.74, 6) is 1.40. The van der Waals surface area contributed by atoms with Gasteiger partial charge in [-0.15, -0.1) is 0 Å². The number of hydrogen-bond acceptors (Lipinski definition) is 4. The lowest BCUT2D eigenvalue weighted by molar-refractivity contribution is 0.0366. The minimum atomic E-state index is -0.320. The van der Waals surface area contributed by atoms with Gasteiger partial charge in [0.1, 0.15) is 11.3 Å². The molecule has 0 aliphatic carbocycles. The number of piperidine rings is 2. The van der Waals surface area contributed by atoms with E-state index in [9.17, 15) is 4.79 Å². The lowest BCUT2D eigenvalue weighted by Gasteiger charge is -2.44. The van der Waals surface area contributed by atoms with Gasteiger partial charge >= 0.3 is 5.63 Å². The highest BCUT2D eigenvalue weighted by Gasteiger charge is 2.33. The number of rotatable bonds is 3. The molecule has 1 aromatic heterocycles. The summed E-state index contributed by atoms with van der Waals surface area (Å²) in [4.78, 5) is 14.0. The van der Waals surface area contributed by atoms with Crippen LogP contribution in [0.2, 0.25) is 0 Å². The van der Waals surface area contributed by atoms with E-state index in [0.717, 1.165) is 17.7 Å². The summed E-state index contributed by atoms with van der Waals surface area (Å²) in [5.41, 5.74) is 0.276. The highest BCUT2D eigenvalue weighted by atomic mass is 16.5. The Kier molecular flexibility index (Phi) is 4.08. The Balaban J connectivity index is 1.46. The number of ether oxygens (including phenoxy) is 1. The van der Waals surface area contributed by atoms with Crippen LogP contribution in [-0.2, 0) is 0 Å². The molecule has 0 radical (unpaired) electrons. The molecule has 2 aliphatic heterocycles. The molecule has 2 fully saturated rings. The molecule has 122 valence electrons. The van der Waals surface area contributed by atoms with E-state index in [4.69, 9.17) is 9.15 Å². The average molecular weight is 313 g/mol. The molecular formula is C19H23NO3. The molecule has 0 bridgehead atoms. The molecule has 2 saturated heterocycles. The van der Waals surface area contributed by atoms with Gasteiger partial charge in [0.15, 0.2) is 0 Å². The van der Waals surface area contributed by atoms with Crippen molar-refractivity contribution in [1.29, 1.82) is 0 Å². The predicted octanol–water partition coefficient (Wildman–Crippen LogP) is 3.44. The van der Waals surface area contributed by atoms with Crippen molar-refractivity contribution in [2.75, 3.05) is 19.7 Å². The molecule has 1 aromatic carbocycles. The van der Waals surface area contributed by atoms with Gasteiger partial charge in [0, 0.05) is 29.5 Å². The van der Waals surface area contributed by atoms with Crippen LogP contribution >= 0.6 is 0 Å². The average Bonchev–Trinajstić information content (AvgIpc) is 2.59. The van der Waals surface area contributed by atoms with Crippen LogP contribution in [0.5, 0.6) is 5.75 Å². The Morgan fingerprint density at radius 2 is 1.96 bits per heavy atom. The Labute approximate surface area is 136 Å². The molecule has 2 aromatic rings. The summed E-state index contributed by atoms with van der Waals surface area (Å²) in [6.45, 7) is 3.26. The summed E-state index contributed by atoms with van der Waals surface area (Å²) in [6.07, 6.45) is 6.52. The van der Waals surface area contributed by atoms with Crippen LogP contribution in [0.3, 0.4) is 0 Å². The second-order valence-corrected chi connectivity index (χ2v) is 6.77. The molecule has 2 atom stereocenters. The van der Waals surface area contributed by atoms with E-state index in [0.29, 0.717) is 17.5 Å². The van der Waals surface area contributed by atoms with Gasteiger partial charge in [0.05, 0.1) is 6.61 Å². The van der Waals surface area contributed by atoms with Gasteiger partial charge in [-0.2, -0.15) is 0 Å². The lowest BCUT2D eigenvalue weighted by atomic mass is 9.84. The fourth-order valence-electron chi connectivity index (χ4n) is 4.11. The van der Waals surface area contributed by atoms with E-state index in [2.05, 4.69) is 4.90 Å². The van der Waals surface area contributed by atoms with Gasteiger partial charge in [-0.3, -0.25) is 4.90 Å². The van der Waals surface area contributed by atoms with Gasteiger partial charge in [0.25, 0.3) is 0 Å². The minimum Gasteiger partial charge on any atom is -0.493 e. The third-order valence-corrected chi connectivity index (χ3v) is 5.29. The van der Waals surface area contributed by atoms with Crippen LogP contribution in [0.4, 0.5) is 0 Å². The first-order chi connectivity index (χ1) is 11.3. The summed E-state index contributed by atoms with van der Waals surface area (Å²) in [7, 11) is 0. The Bertz CT molecular complexity index is 737. The van der Waals surface area contributed by atoms with Crippen LogP contribution in [0.25, 0.3) is 11.0 Å². The smallest absolute Gasteiger partial charge is 0.336 e. The van der Waals surface area contributed by atoms with Crippen molar-refractivity contribution in [2.45, 2.75) is 38.1 Å². The van der Waals surface area contributed by atoms with Crippen molar-refractivity contribution in [1.82, 2.24) is 4.90 Å². The monoisotopic (exact) mass is 313 g/mol. The van der Waals surface area contributed by atoms with Gasteiger partial charge in [-0.25, -0.2) is 4.79 Å². The highest BCUT2D eigenvalue weighted by Crippen LogP contribution is 2.31. The van der Waals surface area contributed by atoms with E-state index in [1.54, 1.807) is 6.07 Å². The van der Waals surface area contributed by atoms with Crippen molar-refractivity contribution in [3.8, 4) is 5.75 Å². The van der Waals surface area contributed by atoms with Crippen LogP contribution in [0, 0.1) is 5.92 Å². The van der Waals surface area contributed by atoms with Gasteiger partial charge in [0.2, 0.25) is 0 Å². The first-order valence-corrected chi connectivity index (χ1v) is 8.70. The molecule has 0 unspecified atom stereocenters. The number of fused-ring (bicyclic) bond motifs is 2. The molecule has 23 heavy (non-hydrogen) atoms. The Morgan fingerprint density at radius 3 is 2.91 bits per heavy atom. The zero-order valence-electron chi connectivity index (χ0n) is 13.4. The van der Waals surface area contributed by atoms with Gasteiger partial charge in [-0.05, 0) is 57.0 Å². The maximum absolute atomic E-state index is 11.3. The summed E-state index contributed by atoms with van der Waals surface area (Å²) >= 11 is 0. The van der Waals surface area contributed by atoms with Crippen molar-refractivity contribution in [3.05, 3.63) is 40.8 Å². The first kappa shape index (κ1) is 14.8. The van der Waals surface area contributed by atoms with Crippen molar-refractivity contribution in [2.24, 2.45) is 5.92 Å². The number of nitrogens with zero attached hydrogens (tertiary/aromatic N) is 1. The van der Waals surface area contributed by atoms with Gasteiger partial charge < -0.3 is 9.15 Å². The van der Waals surface area contributed by atoms with E-state index in [1.165, 1.54) is 51.3 Å². The molecule has 0 spiro atoms. The molecule has 0 N–H and O–H groups in total. The lowest BCUT2D eigenvalue weighted by Crippen LogP contribution is -2.49. The van der Waals surface area contributed by atoms with Crippen molar-refractivity contribution in [3.63, 3.8) is 0 Å². The second kappa shape index (κ2) is 6.36. The molecule has 0 saturated carbocycles. The Morgan fingerprint density at radius 1 is 1.09 bits per heavy atom. The molecular weight excluding hydrogens is 290 g/mol. The standard InChI is InChI=1S/C19H23NO3/c21-19-9-7-14-6-8-16(12-18(14)23-19)22-13-15-4-3-11-20-10-2-1-5-17(15)20/h6-9,12,15,17H,1-5,10-11,13H2/t15-,17+/m0/s1. The normalized spacial score (nSPS) is 25.2. The molecule has 4 nitrogen and oxygen atoms in total. The topological polar surface area (TPSA) is 42.7 Å². The quantitative estimate of drug-likeness (QED) is 0.814. The van der Waals surface area contributed by atoms with E-state index >= 15 is 0 Å². The maximum atomic E-state index is 11.3. The molecule has 2 aliphatic rings. The zero-order chi connectivity index (χ0) is 15.6. The maximum Gasteiger partial charge on any atom is 0.336 e. The molecule has 3 heterocycles. The second-order valence-electron chi connectivity index (χ2n) is 6.77. The van der Waals surface area contributed by atoms with Crippen LogP contribution in [0.1, 0.15) is 32.1 Å². The number of hydrogen-bond donors (Lipinski definition) is 0. The summed E-state index contributed by atoms with van der Waals surface area (Å²) in [5, 5.41) is 0.924. The first-order valence-electron chi connectivity index (χ1n) is 8.70. The molecule has 0 amide bonds. The fourth-order valence-corrected chi connectivity index (χ4v) is 4.11. The summed E-state index contributed by atoms with van der Waals surface area (Å²) < 4.78 is 11.3.